The molecule has 0 bridgehead atoms. The fourth-order valence-electron chi connectivity index (χ4n) is 2.71. The first-order chi connectivity index (χ1) is 9.17. The second-order valence-corrected chi connectivity index (χ2v) is 5.38. The van der Waals surface area contributed by atoms with E-state index in [0.717, 1.165) is 44.1 Å². The van der Waals surface area contributed by atoms with Gasteiger partial charge >= 0.3 is 0 Å². The molecule has 0 unspecified atom stereocenters. The lowest BCUT2D eigenvalue weighted by Gasteiger charge is -2.26. The van der Waals surface area contributed by atoms with Gasteiger partial charge in [0.25, 0.3) is 5.91 Å². The first-order valence-electron chi connectivity index (χ1n) is 6.96. The predicted octanol–water partition coefficient (Wildman–Crippen LogP) is 3.34. The van der Waals surface area contributed by atoms with Crippen LogP contribution in [-0.2, 0) is 0 Å². The summed E-state index contributed by atoms with van der Waals surface area (Å²) in [5.41, 5.74) is 0.943. The first-order valence-corrected chi connectivity index (χ1v) is 6.96. The minimum atomic E-state index is -0.671. The summed E-state index contributed by atoms with van der Waals surface area (Å²) in [6, 6.07) is 9.84. The molecule has 0 radical (unpaired) electrons. The Morgan fingerprint density at radius 2 is 1.84 bits per heavy atom. The van der Waals surface area contributed by atoms with E-state index in [0.29, 0.717) is 5.56 Å². The third kappa shape index (κ3) is 3.14. The molecule has 1 saturated carbocycles. The molecule has 3 heteroatoms. The molecule has 0 spiro atoms. The van der Waals surface area contributed by atoms with E-state index in [1.807, 2.05) is 31.2 Å². The number of hydrogen-bond acceptors (Lipinski definition) is 2. The lowest BCUT2D eigenvalue weighted by atomic mass is 9.91. The SMILES string of the molecule is Cc1ccccc1C(=O)NC1(C#N)CCCCCC1. The molecular formula is C16H20N2O. The van der Waals surface area contributed by atoms with Gasteiger partial charge < -0.3 is 5.32 Å². The molecule has 1 aliphatic carbocycles. The third-order valence-corrected chi connectivity index (χ3v) is 3.91. The van der Waals surface area contributed by atoms with Crippen molar-refractivity contribution >= 4 is 5.91 Å². The smallest absolute Gasteiger partial charge is 0.252 e. The van der Waals surface area contributed by atoms with Crippen molar-refractivity contribution < 1.29 is 4.79 Å². The first kappa shape index (κ1) is 13.6. The van der Waals surface area contributed by atoms with Gasteiger partial charge in [-0.15, -0.1) is 0 Å². The Labute approximate surface area is 114 Å². The Bertz CT molecular complexity index is 494. The molecule has 3 nitrogen and oxygen atoms in total. The van der Waals surface area contributed by atoms with Crippen LogP contribution in [-0.4, -0.2) is 11.4 Å². The molecular weight excluding hydrogens is 236 g/mol. The van der Waals surface area contributed by atoms with E-state index in [9.17, 15) is 10.1 Å². The van der Waals surface area contributed by atoms with E-state index < -0.39 is 5.54 Å². The number of rotatable bonds is 2. The van der Waals surface area contributed by atoms with Crippen molar-refractivity contribution in [2.45, 2.75) is 51.0 Å². The van der Waals surface area contributed by atoms with E-state index in [1.165, 1.54) is 0 Å². The van der Waals surface area contributed by atoms with Gasteiger partial charge in [0, 0.05) is 5.56 Å². The fraction of sp³-hybridized carbons (Fsp3) is 0.500. The Balaban J connectivity index is 2.17. The van der Waals surface area contributed by atoms with Crippen LogP contribution in [0.1, 0.15) is 54.4 Å². The summed E-state index contributed by atoms with van der Waals surface area (Å²) in [6.45, 7) is 1.92. The lowest BCUT2D eigenvalue weighted by molar-refractivity contribution is 0.0912. The van der Waals surface area contributed by atoms with Gasteiger partial charge in [-0.05, 0) is 31.4 Å². The summed E-state index contributed by atoms with van der Waals surface area (Å²) >= 11 is 0. The zero-order chi connectivity index (χ0) is 13.7. The van der Waals surface area contributed by atoms with Gasteiger partial charge in [0.05, 0.1) is 6.07 Å². The van der Waals surface area contributed by atoms with E-state index >= 15 is 0 Å². The third-order valence-electron chi connectivity index (χ3n) is 3.91. The Kier molecular flexibility index (Phi) is 4.21. The summed E-state index contributed by atoms with van der Waals surface area (Å²) in [7, 11) is 0. The summed E-state index contributed by atoms with van der Waals surface area (Å²) in [6.07, 6.45) is 5.87. The second kappa shape index (κ2) is 5.88. The molecule has 1 N–H and O–H groups in total. The lowest BCUT2D eigenvalue weighted by Crippen LogP contribution is -2.47. The molecule has 1 aliphatic rings. The van der Waals surface area contributed by atoms with E-state index in [-0.39, 0.29) is 5.91 Å². The molecule has 19 heavy (non-hydrogen) atoms. The van der Waals surface area contributed by atoms with E-state index in [2.05, 4.69) is 11.4 Å². The highest BCUT2D eigenvalue weighted by molar-refractivity contribution is 5.96. The van der Waals surface area contributed by atoms with Crippen molar-refractivity contribution in [1.82, 2.24) is 5.32 Å². The van der Waals surface area contributed by atoms with Crippen LogP contribution in [0.15, 0.2) is 24.3 Å². The Morgan fingerprint density at radius 1 is 1.21 bits per heavy atom. The van der Waals surface area contributed by atoms with Crippen LogP contribution in [0.5, 0.6) is 0 Å². The zero-order valence-corrected chi connectivity index (χ0v) is 11.4. The number of carbonyl (C=O) groups excluding carboxylic acids is 1. The number of hydrogen-bond donors (Lipinski definition) is 1. The highest BCUT2D eigenvalue weighted by Gasteiger charge is 2.32. The standard InChI is InChI=1S/C16H20N2O/c1-13-8-4-5-9-14(13)15(19)18-16(12-17)10-6-2-3-7-11-16/h4-5,8-9H,2-3,6-7,10-11H2,1H3,(H,18,19). The summed E-state index contributed by atoms with van der Waals surface area (Å²) in [4.78, 5) is 12.3. The molecule has 0 saturated heterocycles. The van der Waals surface area contributed by atoms with Crippen LogP contribution >= 0.6 is 0 Å². The maximum Gasteiger partial charge on any atom is 0.252 e. The second-order valence-electron chi connectivity index (χ2n) is 5.38. The highest BCUT2D eigenvalue weighted by atomic mass is 16.1. The summed E-state index contributed by atoms with van der Waals surface area (Å²) in [5, 5.41) is 12.4. The molecule has 2 rings (SSSR count). The maximum absolute atomic E-state index is 12.3. The van der Waals surface area contributed by atoms with Crippen LogP contribution in [0, 0.1) is 18.3 Å². The van der Waals surface area contributed by atoms with Crippen LogP contribution in [0.2, 0.25) is 0 Å². The molecule has 1 amide bonds. The van der Waals surface area contributed by atoms with Gasteiger partial charge in [-0.25, -0.2) is 0 Å². The number of aryl methyl sites for hydroxylation is 1. The van der Waals surface area contributed by atoms with Crippen molar-refractivity contribution in [3.63, 3.8) is 0 Å². The zero-order valence-electron chi connectivity index (χ0n) is 11.4. The average molecular weight is 256 g/mol. The van der Waals surface area contributed by atoms with Crippen molar-refractivity contribution in [3.05, 3.63) is 35.4 Å². The van der Waals surface area contributed by atoms with Crippen LogP contribution in [0.3, 0.4) is 0 Å². The number of nitriles is 1. The highest BCUT2D eigenvalue weighted by Crippen LogP contribution is 2.27. The van der Waals surface area contributed by atoms with Gasteiger partial charge in [-0.2, -0.15) is 5.26 Å². The van der Waals surface area contributed by atoms with Gasteiger partial charge in [-0.1, -0.05) is 43.9 Å². The van der Waals surface area contributed by atoms with Crippen molar-refractivity contribution in [2.75, 3.05) is 0 Å². The number of benzene rings is 1. The number of carbonyl (C=O) groups is 1. The summed E-state index contributed by atoms with van der Waals surface area (Å²) in [5.74, 6) is -0.124. The predicted molar refractivity (Wildman–Crippen MR) is 74.7 cm³/mol. The average Bonchev–Trinajstić information content (AvgIpc) is 2.65. The van der Waals surface area contributed by atoms with E-state index in [4.69, 9.17) is 0 Å². The monoisotopic (exact) mass is 256 g/mol. The van der Waals surface area contributed by atoms with Gasteiger partial charge in [0.2, 0.25) is 0 Å². The number of nitrogens with zero attached hydrogens (tertiary/aromatic N) is 1. The topological polar surface area (TPSA) is 52.9 Å². The van der Waals surface area contributed by atoms with Crippen LogP contribution in [0.25, 0.3) is 0 Å². The van der Waals surface area contributed by atoms with Crippen molar-refractivity contribution in [2.24, 2.45) is 0 Å². The quantitative estimate of drug-likeness (QED) is 0.825. The van der Waals surface area contributed by atoms with Crippen LogP contribution in [0.4, 0.5) is 0 Å². The number of amides is 1. The van der Waals surface area contributed by atoms with Crippen LogP contribution < -0.4 is 5.32 Å². The molecule has 100 valence electrons. The maximum atomic E-state index is 12.3. The number of nitrogens with one attached hydrogen (secondary N) is 1. The van der Waals surface area contributed by atoms with Gasteiger partial charge in [0.1, 0.15) is 5.54 Å². The molecule has 1 aromatic carbocycles. The summed E-state index contributed by atoms with van der Waals surface area (Å²) < 4.78 is 0. The fourth-order valence-corrected chi connectivity index (χ4v) is 2.71. The van der Waals surface area contributed by atoms with Gasteiger partial charge in [0.15, 0.2) is 0 Å². The van der Waals surface area contributed by atoms with Crippen molar-refractivity contribution in [3.8, 4) is 6.07 Å². The Hall–Kier alpha value is -1.82. The molecule has 1 aromatic rings. The minimum absolute atomic E-state index is 0.124. The van der Waals surface area contributed by atoms with Gasteiger partial charge in [-0.3, -0.25) is 4.79 Å². The molecule has 1 fully saturated rings. The largest absolute Gasteiger partial charge is 0.334 e. The van der Waals surface area contributed by atoms with E-state index in [1.54, 1.807) is 0 Å². The molecule has 0 aromatic heterocycles. The molecule has 0 aliphatic heterocycles. The molecule has 0 heterocycles. The van der Waals surface area contributed by atoms with Crippen molar-refractivity contribution in [1.29, 1.82) is 5.26 Å². The minimum Gasteiger partial charge on any atom is -0.334 e. The Morgan fingerprint density at radius 3 is 2.42 bits per heavy atom. The normalized spacial score (nSPS) is 18.1. The molecule has 0 atom stereocenters.